The van der Waals surface area contributed by atoms with Crippen molar-refractivity contribution in [3.8, 4) is 10.6 Å². The molecular weight excluding hydrogens is 389 g/mol. The van der Waals surface area contributed by atoms with Crippen LogP contribution in [-0.4, -0.2) is 34.8 Å². The first-order valence-corrected chi connectivity index (χ1v) is 10.3. The van der Waals surface area contributed by atoms with Gasteiger partial charge in [0.1, 0.15) is 15.7 Å². The van der Waals surface area contributed by atoms with Crippen molar-refractivity contribution in [2.75, 3.05) is 18.4 Å². The van der Waals surface area contributed by atoms with Crippen LogP contribution in [0, 0.1) is 11.7 Å². The summed E-state index contributed by atoms with van der Waals surface area (Å²) in [6.07, 6.45) is 2.99. The van der Waals surface area contributed by atoms with E-state index in [-0.39, 0.29) is 23.5 Å². The van der Waals surface area contributed by atoms with E-state index in [0.717, 1.165) is 18.5 Å². The van der Waals surface area contributed by atoms with Crippen molar-refractivity contribution in [3.63, 3.8) is 0 Å². The molecule has 0 spiro atoms. The zero-order valence-corrected chi connectivity index (χ0v) is 16.5. The molecule has 1 fully saturated rings. The van der Waals surface area contributed by atoms with Crippen molar-refractivity contribution < 1.29 is 14.0 Å². The number of carbonyl (C=O) groups excluding carboxylic acids is 2. The van der Waals surface area contributed by atoms with Gasteiger partial charge in [-0.2, -0.15) is 0 Å². The van der Waals surface area contributed by atoms with E-state index in [1.165, 1.54) is 23.6 Å². The number of halogens is 1. The van der Waals surface area contributed by atoms with Gasteiger partial charge in [0.25, 0.3) is 5.91 Å². The lowest BCUT2D eigenvalue weighted by molar-refractivity contribution is -0.121. The molecule has 0 bridgehead atoms. The Bertz CT molecular complexity index is 1020. The van der Waals surface area contributed by atoms with E-state index in [9.17, 15) is 14.0 Å². The molecule has 1 N–H and O–H groups in total. The third-order valence-electron chi connectivity index (χ3n) is 4.94. The first kappa shape index (κ1) is 19.3. The lowest BCUT2D eigenvalue weighted by Crippen LogP contribution is -2.43. The fraction of sp³-hybridized carbons (Fsp3) is 0.227. The van der Waals surface area contributed by atoms with Crippen LogP contribution in [0.1, 0.15) is 22.5 Å². The summed E-state index contributed by atoms with van der Waals surface area (Å²) in [4.78, 5) is 31.9. The monoisotopic (exact) mass is 409 g/mol. The number of hydrogen-bond acceptors (Lipinski definition) is 4. The number of hydrogen-bond donors (Lipinski definition) is 1. The van der Waals surface area contributed by atoms with Crippen molar-refractivity contribution in [1.29, 1.82) is 0 Å². The molecule has 2 aromatic carbocycles. The van der Waals surface area contributed by atoms with Crippen LogP contribution < -0.4 is 5.32 Å². The largest absolute Gasteiger partial charge is 0.337 e. The summed E-state index contributed by atoms with van der Waals surface area (Å²) in [6, 6.07) is 15.7. The van der Waals surface area contributed by atoms with E-state index in [1.807, 2.05) is 30.3 Å². The lowest BCUT2D eigenvalue weighted by Gasteiger charge is -2.31. The molecule has 0 aliphatic carbocycles. The smallest absolute Gasteiger partial charge is 0.265 e. The second-order valence-electron chi connectivity index (χ2n) is 6.96. The Morgan fingerprint density at radius 3 is 2.66 bits per heavy atom. The quantitative estimate of drug-likeness (QED) is 0.693. The Morgan fingerprint density at radius 1 is 1.10 bits per heavy atom. The summed E-state index contributed by atoms with van der Waals surface area (Å²) in [5, 5.41) is 3.39. The van der Waals surface area contributed by atoms with E-state index in [0.29, 0.717) is 28.5 Å². The van der Waals surface area contributed by atoms with Gasteiger partial charge >= 0.3 is 0 Å². The standard InChI is InChI=1S/C22H20FN3O2S/c23-18-11-5-4-10-17(18)21-24-13-19(29-21)22(28)26-12-6-7-15(14-26)20(27)25-16-8-2-1-3-9-16/h1-5,8-11,13,15H,6-7,12,14H2,(H,25,27). The van der Waals surface area contributed by atoms with Crippen molar-refractivity contribution in [1.82, 2.24) is 9.88 Å². The summed E-state index contributed by atoms with van der Waals surface area (Å²) in [5.41, 5.74) is 1.13. The van der Waals surface area contributed by atoms with Crippen LogP contribution in [0.5, 0.6) is 0 Å². The normalized spacial score (nSPS) is 16.4. The van der Waals surface area contributed by atoms with Crippen LogP contribution in [0.4, 0.5) is 10.1 Å². The highest BCUT2D eigenvalue weighted by atomic mass is 32.1. The number of nitrogens with zero attached hydrogens (tertiary/aromatic N) is 2. The molecule has 1 aliphatic rings. The number of nitrogens with one attached hydrogen (secondary N) is 1. The van der Waals surface area contributed by atoms with Crippen LogP contribution >= 0.6 is 11.3 Å². The average Bonchev–Trinajstić information content (AvgIpc) is 3.24. The Morgan fingerprint density at radius 2 is 1.86 bits per heavy atom. The first-order chi connectivity index (χ1) is 14.1. The van der Waals surface area contributed by atoms with Gasteiger partial charge in [-0.05, 0) is 37.1 Å². The number of likely N-dealkylation sites (tertiary alicyclic amines) is 1. The number of aromatic nitrogens is 1. The van der Waals surface area contributed by atoms with Gasteiger partial charge in [-0.15, -0.1) is 11.3 Å². The minimum absolute atomic E-state index is 0.0787. The maximum atomic E-state index is 14.0. The third kappa shape index (κ3) is 4.35. The van der Waals surface area contributed by atoms with E-state index in [2.05, 4.69) is 10.3 Å². The summed E-state index contributed by atoms with van der Waals surface area (Å²) in [6.45, 7) is 0.964. The molecule has 2 amide bonds. The van der Waals surface area contributed by atoms with Crippen LogP contribution in [0.2, 0.25) is 0 Å². The zero-order chi connectivity index (χ0) is 20.2. The van der Waals surface area contributed by atoms with Crippen molar-refractivity contribution in [2.24, 2.45) is 5.92 Å². The number of para-hydroxylation sites is 1. The number of benzene rings is 2. The fourth-order valence-corrected chi connectivity index (χ4v) is 4.34. The van der Waals surface area contributed by atoms with E-state index < -0.39 is 0 Å². The third-order valence-corrected chi connectivity index (χ3v) is 5.96. The van der Waals surface area contributed by atoms with Crippen LogP contribution in [0.3, 0.4) is 0 Å². The summed E-state index contributed by atoms with van der Waals surface area (Å²) >= 11 is 1.17. The Hall–Kier alpha value is -3.06. The van der Waals surface area contributed by atoms with Gasteiger partial charge < -0.3 is 10.2 Å². The predicted octanol–water partition coefficient (Wildman–Crippen LogP) is 4.44. The molecular formula is C22H20FN3O2S. The summed E-state index contributed by atoms with van der Waals surface area (Å²) in [7, 11) is 0. The topological polar surface area (TPSA) is 62.3 Å². The van der Waals surface area contributed by atoms with Crippen LogP contribution in [-0.2, 0) is 4.79 Å². The highest BCUT2D eigenvalue weighted by Crippen LogP contribution is 2.29. The highest BCUT2D eigenvalue weighted by molar-refractivity contribution is 7.16. The first-order valence-electron chi connectivity index (χ1n) is 9.48. The fourth-order valence-electron chi connectivity index (χ4n) is 3.43. The minimum atomic E-state index is -0.364. The van der Waals surface area contributed by atoms with Crippen molar-refractivity contribution >= 4 is 28.8 Å². The Labute approximate surface area is 172 Å². The number of thiazole rings is 1. The van der Waals surface area contributed by atoms with E-state index >= 15 is 0 Å². The Kier molecular flexibility index (Phi) is 5.67. The predicted molar refractivity (Wildman–Crippen MR) is 111 cm³/mol. The van der Waals surface area contributed by atoms with Gasteiger partial charge in [-0.1, -0.05) is 30.3 Å². The molecule has 1 unspecified atom stereocenters. The molecule has 5 nitrogen and oxygen atoms in total. The molecule has 29 heavy (non-hydrogen) atoms. The number of piperidine rings is 1. The molecule has 0 radical (unpaired) electrons. The molecule has 148 valence electrons. The van der Waals surface area contributed by atoms with Gasteiger partial charge in [0.15, 0.2) is 0 Å². The van der Waals surface area contributed by atoms with Crippen molar-refractivity contribution in [2.45, 2.75) is 12.8 Å². The summed E-state index contributed by atoms with van der Waals surface area (Å²) < 4.78 is 14.0. The number of rotatable bonds is 4. The molecule has 4 rings (SSSR count). The number of anilines is 1. The molecule has 1 atom stereocenters. The van der Waals surface area contributed by atoms with Crippen LogP contribution in [0.15, 0.2) is 60.8 Å². The van der Waals surface area contributed by atoms with Gasteiger partial charge in [-0.3, -0.25) is 9.59 Å². The Balaban J connectivity index is 1.44. The molecule has 2 heterocycles. The molecule has 3 aromatic rings. The van der Waals surface area contributed by atoms with Gasteiger partial charge in [0, 0.05) is 24.3 Å². The molecule has 0 saturated carbocycles. The maximum absolute atomic E-state index is 14.0. The minimum Gasteiger partial charge on any atom is -0.337 e. The van der Waals surface area contributed by atoms with Gasteiger partial charge in [0.05, 0.1) is 12.1 Å². The molecule has 1 aromatic heterocycles. The highest BCUT2D eigenvalue weighted by Gasteiger charge is 2.30. The van der Waals surface area contributed by atoms with E-state index in [1.54, 1.807) is 23.1 Å². The molecule has 1 aliphatic heterocycles. The second kappa shape index (κ2) is 8.53. The van der Waals surface area contributed by atoms with E-state index in [4.69, 9.17) is 0 Å². The van der Waals surface area contributed by atoms with Crippen molar-refractivity contribution in [3.05, 3.63) is 71.5 Å². The second-order valence-corrected chi connectivity index (χ2v) is 7.99. The van der Waals surface area contributed by atoms with Crippen LogP contribution in [0.25, 0.3) is 10.6 Å². The molecule has 7 heteroatoms. The zero-order valence-electron chi connectivity index (χ0n) is 15.7. The number of amides is 2. The number of carbonyl (C=O) groups is 2. The van der Waals surface area contributed by atoms with Gasteiger partial charge in [0.2, 0.25) is 5.91 Å². The van der Waals surface area contributed by atoms with Gasteiger partial charge in [-0.25, -0.2) is 9.37 Å². The molecule has 1 saturated heterocycles. The summed E-state index contributed by atoms with van der Waals surface area (Å²) in [5.74, 6) is -0.865. The maximum Gasteiger partial charge on any atom is 0.265 e. The lowest BCUT2D eigenvalue weighted by atomic mass is 9.97. The average molecular weight is 409 g/mol. The SMILES string of the molecule is O=C(Nc1ccccc1)C1CCCN(C(=O)c2cnc(-c3ccccc3F)s2)C1.